The Morgan fingerprint density at radius 2 is 1.24 bits per heavy atom. The Kier molecular flexibility index (Phi) is 8.76. The fourth-order valence-corrected chi connectivity index (χ4v) is 5.24. The van der Waals surface area contributed by atoms with Crippen molar-refractivity contribution in [3.8, 4) is 0 Å². The van der Waals surface area contributed by atoms with Crippen LogP contribution < -0.4 is 0 Å². The Hall–Kier alpha value is 1.37. The topological polar surface area (TPSA) is 17.1 Å². The van der Waals surface area contributed by atoms with Crippen LogP contribution in [0.3, 0.4) is 0 Å². The molecule has 0 aromatic heterocycles. The Balaban J connectivity index is 0.00000220. The normalized spacial score (nSPS) is 16.2. The molecule has 111 valence electrons. The van der Waals surface area contributed by atoms with Crippen molar-refractivity contribution in [2.75, 3.05) is 0 Å². The van der Waals surface area contributed by atoms with Crippen LogP contribution >= 0.6 is 66.6 Å². The van der Waals surface area contributed by atoms with Crippen molar-refractivity contribution in [1.29, 1.82) is 0 Å². The fourth-order valence-electron chi connectivity index (χ4n) is 2.31. The quantitative estimate of drug-likeness (QED) is 0.239. The molecule has 0 N–H and O–H groups in total. The summed E-state index contributed by atoms with van der Waals surface area (Å²) in [6.45, 7) is 0. The molecule has 0 saturated heterocycles. The van der Waals surface area contributed by atoms with E-state index in [1.165, 1.54) is 19.3 Å². The number of carbonyl (C=O) groups is 1. The molecule has 1 aromatic carbocycles. The third-order valence-electron chi connectivity index (χ3n) is 3.38. The standard InChI is InChI=1S/C13H12Cl5OP.Li/c14-8-7(9(15)11(17)12(18)10(8)16)13(19)20-6-4-2-1-3-5-6;/h6,20H,1-5H2;. The predicted molar refractivity (Wildman–Crippen MR) is 96.8 cm³/mol. The van der Waals surface area contributed by atoms with Crippen LogP contribution in [0.4, 0.5) is 0 Å². The maximum atomic E-state index is 12.5. The van der Waals surface area contributed by atoms with Crippen molar-refractivity contribution in [2.24, 2.45) is 0 Å². The summed E-state index contributed by atoms with van der Waals surface area (Å²) >= 11 is 30.1. The smallest absolute Gasteiger partial charge is 0.184 e. The van der Waals surface area contributed by atoms with Crippen molar-refractivity contribution in [1.82, 2.24) is 0 Å². The van der Waals surface area contributed by atoms with Gasteiger partial charge in [-0.05, 0) is 27.1 Å². The van der Waals surface area contributed by atoms with Crippen molar-refractivity contribution in [3.05, 3.63) is 30.7 Å². The van der Waals surface area contributed by atoms with Crippen LogP contribution in [0.2, 0.25) is 25.1 Å². The summed E-state index contributed by atoms with van der Waals surface area (Å²) in [6.07, 6.45) is 5.75. The van der Waals surface area contributed by atoms with E-state index < -0.39 is 0 Å². The third-order valence-corrected chi connectivity index (χ3v) is 7.15. The van der Waals surface area contributed by atoms with Gasteiger partial charge in [-0.25, -0.2) is 0 Å². The zero-order valence-electron chi connectivity index (χ0n) is 11.4. The van der Waals surface area contributed by atoms with Gasteiger partial charge in [0, 0.05) is 18.9 Å². The molecule has 21 heavy (non-hydrogen) atoms. The maximum absolute atomic E-state index is 12.5. The molecule has 1 aliphatic rings. The van der Waals surface area contributed by atoms with E-state index in [1.54, 1.807) is 0 Å². The summed E-state index contributed by atoms with van der Waals surface area (Å²) in [5.74, 6) is 0. The average molecular weight is 399 g/mol. The second-order valence-corrected chi connectivity index (χ2v) is 8.20. The SMILES string of the molecule is O=C(PC1CCCCC1)c1c(Cl)c(Cl)c(Cl)c(Cl)c1Cl.[Li]. The van der Waals surface area contributed by atoms with E-state index >= 15 is 0 Å². The number of benzene rings is 1. The van der Waals surface area contributed by atoms with E-state index in [-0.39, 0.29) is 63.6 Å². The third kappa shape index (κ3) is 4.68. The van der Waals surface area contributed by atoms with Gasteiger partial charge in [0.05, 0.1) is 30.7 Å². The van der Waals surface area contributed by atoms with E-state index in [0.29, 0.717) is 5.66 Å². The summed E-state index contributed by atoms with van der Waals surface area (Å²) in [4.78, 5) is 12.5. The summed E-state index contributed by atoms with van der Waals surface area (Å²) in [7, 11) is 0.147. The summed E-state index contributed by atoms with van der Waals surface area (Å²) in [6, 6.07) is 0. The van der Waals surface area contributed by atoms with Crippen LogP contribution in [0.15, 0.2) is 0 Å². The predicted octanol–water partition coefficient (Wildman–Crippen LogP) is 6.72. The van der Waals surface area contributed by atoms with Crippen LogP contribution in [0, 0.1) is 0 Å². The molecule has 8 heteroatoms. The number of hydrogen-bond acceptors (Lipinski definition) is 1. The number of carbonyl (C=O) groups excluding carboxylic acids is 1. The van der Waals surface area contributed by atoms with Gasteiger partial charge in [-0.15, -0.1) is 0 Å². The van der Waals surface area contributed by atoms with E-state index in [0.717, 1.165) is 12.8 Å². The van der Waals surface area contributed by atoms with Crippen LogP contribution in [0.1, 0.15) is 42.5 Å². The van der Waals surface area contributed by atoms with Gasteiger partial charge in [0.25, 0.3) is 0 Å². The first-order chi connectivity index (χ1) is 9.43. The Morgan fingerprint density at radius 1 is 0.810 bits per heavy atom. The van der Waals surface area contributed by atoms with Crippen LogP contribution in [-0.4, -0.2) is 30.0 Å². The summed E-state index contributed by atoms with van der Waals surface area (Å²) in [5, 5.41) is 0.443. The zero-order valence-corrected chi connectivity index (χ0v) is 16.2. The Labute approximate surface area is 163 Å². The number of rotatable bonds is 3. The molecule has 1 fully saturated rings. The number of halogens is 5. The first-order valence-corrected chi connectivity index (χ1v) is 9.22. The first-order valence-electron chi connectivity index (χ1n) is 6.25. The molecule has 1 radical (unpaired) electrons. The van der Waals surface area contributed by atoms with Gasteiger partial charge in [-0.2, -0.15) is 0 Å². The molecule has 1 aromatic rings. The molecule has 1 atom stereocenters. The molecule has 0 spiro atoms. The monoisotopic (exact) mass is 397 g/mol. The average Bonchev–Trinajstić information content (AvgIpc) is 2.44. The van der Waals surface area contributed by atoms with Crippen molar-refractivity contribution >= 4 is 91.0 Å². The van der Waals surface area contributed by atoms with Crippen molar-refractivity contribution < 1.29 is 4.79 Å². The minimum absolute atomic E-state index is 0. The van der Waals surface area contributed by atoms with Gasteiger partial charge in [0.2, 0.25) is 0 Å². The van der Waals surface area contributed by atoms with Gasteiger partial charge >= 0.3 is 0 Å². The van der Waals surface area contributed by atoms with Gasteiger partial charge in [0.15, 0.2) is 5.52 Å². The molecule has 0 heterocycles. The Bertz CT molecular complexity index is 517. The van der Waals surface area contributed by atoms with E-state index in [9.17, 15) is 4.79 Å². The molecule has 2 rings (SSSR count). The van der Waals surface area contributed by atoms with E-state index in [4.69, 9.17) is 58.0 Å². The molecule has 0 bridgehead atoms. The van der Waals surface area contributed by atoms with Gasteiger partial charge in [0.1, 0.15) is 0 Å². The summed E-state index contributed by atoms with van der Waals surface area (Å²) in [5.41, 5.74) is 0.528. The molecule has 1 aliphatic carbocycles. The van der Waals surface area contributed by atoms with Gasteiger partial charge < -0.3 is 0 Å². The maximum Gasteiger partial charge on any atom is 0.184 e. The van der Waals surface area contributed by atoms with Crippen LogP contribution in [0.25, 0.3) is 0 Å². The molecule has 1 unspecified atom stereocenters. The molecule has 1 nitrogen and oxygen atoms in total. The second-order valence-electron chi connectivity index (χ2n) is 4.75. The van der Waals surface area contributed by atoms with Gasteiger partial charge in [-0.1, -0.05) is 77.3 Å². The minimum Gasteiger partial charge on any atom is -0.289 e. The second kappa shape index (κ2) is 9.01. The Morgan fingerprint density at radius 3 is 1.71 bits per heavy atom. The van der Waals surface area contributed by atoms with E-state index in [1.807, 2.05) is 0 Å². The van der Waals surface area contributed by atoms with Crippen LogP contribution in [0.5, 0.6) is 0 Å². The van der Waals surface area contributed by atoms with Crippen molar-refractivity contribution in [3.63, 3.8) is 0 Å². The summed E-state index contributed by atoms with van der Waals surface area (Å²) < 4.78 is 0. The molecule has 1 saturated carbocycles. The van der Waals surface area contributed by atoms with E-state index in [2.05, 4.69) is 0 Å². The molecular formula is C13H12Cl5LiOP. The zero-order chi connectivity index (χ0) is 14.9. The molecule has 0 aliphatic heterocycles. The number of hydrogen-bond donors (Lipinski definition) is 0. The minimum atomic E-state index is -0.0904. The van der Waals surface area contributed by atoms with Crippen molar-refractivity contribution in [2.45, 2.75) is 37.8 Å². The molecular weight excluding hydrogens is 387 g/mol. The van der Waals surface area contributed by atoms with Crippen LogP contribution in [-0.2, 0) is 0 Å². The first kappa shape index (κ1) is 20.4. The largest absolute Gasteiger partial charge is 0.289 e. The fraction of sp³-hybridized carbons (Fsp3) is 0.462. The molecule has 0 amide bonds. The van der Waals surface area contributed by atoms with Gasteiger partial charge in [-0.3, -0.25) is 4.79 Å².